The molecule has 348 valence electrons. The van der Waals surface area contributed by atoms with E-state index in [1.807, 2.05) is 0 Å². The Bertz CT molecular complexity index is 1150. The average Bonchev–Trinajstić information content (AvgIpc) is 3.22. The zero-order valence-corrected chi connectivity index (χ0v) is 39.5. The molecule has 0 aromatic carbocycles. The van der Waals surface area contributed by atoms with E-state index in [2.05, 4.69) is 79.1 Å². The number of carbonyl (C=O) groups excluding carboxylic acids is 2. The maximum atomic E-state index is 12.4. The highest BCUT2D eigenvalue weighted by atomic mass is 31.2. The highest BCUT2D eigenvalue weighted by molar-refractivity contribution is 7.46. The molecular formula is C51H91O8P. The van der Waals surface area contributed by atoms with E-state index in [1.165, 1.54) is 141 Å². The number of phosphoric ester groups is 1. The van der Waals surface area contributed by atoms with E-state index in [0.29, 0.717) is 12.8 Å². The fourth-order valence-electron chi connectivity index (χ4n) is 6.83. The van der Waals surface area contributed by atoms with Crippen LogP contribution in [0.5, 0.6) is 0 Å². The van der Waals surface area contributed by atoms with Gasteiger partial charge in [0.25, 0.3) is 0 Å². The molecule has 0 amide bonds. The number of esters is 2. The maximum Gasteiger partial charge on any atom is 0.469 e. The van der Waals surface area contributed by atoms with Crippen molar-refractivity contribution >= 4 is 19.8 Å². The molecule has 0 saturated heterocycles. The molecule has 0 aliphatic carbocycles. The Balaban J connectivity index is 3.91. The minimum Gasteiger partial charge on any atom is -0.462 e. The standard InChI is InChI=1S/C51H91O8P/c1-3-5-7-9-11-13-15-17-19-21-23-24-25-26-28-29-31-33-35-37-39-41-43-45-50(52)57-47-49(48-58-60(54,55)56)59-51(53)46-44-42-40-38-36-34-32-30-27-22-20-18-16-14-12-10-8-6-4-2/h12,14,18,20,27,30,34,36-37,39,49H,3-11,13,15-17,19,21-26,28-29,31-33,35,38,40-48H2,1-2H3,(H2,54,55,56)/b14-12+,20-18+,30-27+,36-34+,39-37+/t49-/m1/s1. The lowest BCUT2D eigenvalue weighted by Crippen LogP contribution is -2.29. The van der Waals surface area contributed by atoms with Gasteiger partial charge in [0, 0.05) is 12.8 Å². The van der Waals surface area contributed by atoms with Gasteiger partial charge in [-0.3, -0.25) is 14.1 Å². The summed E-state index contributed by atoms with van der Waals surface area (Å²) in [6.07, 6.45) is 59.6. The first-order valence-electron chi connectivity index (χ1n) is 24.6. The predicted octanol–water partition coefficient (Wildman–Crippen LogP) is 15.6. The minimum absolute atomic E-state index is 0.167. The van der Waals surface area contributed by atoms with Crippen LogP contribution in [0.2, 0.25) is 0 Å². The number of hydrogen-bond acceptors (Lipinski definition) is 6. The molecule has 0 rings (SSSR count). The first-order valence-corrected chi connectivity index (χ1v) is 26.1. The van der Waals surface area contributed by atoms with Crippen LogP contribution in [0.25, 0.3) is 0 Å². The number of allylic oxidation sites excluding steroid dienone is 10. The molecule has 2 N–H and O–H groups in total. The van der Waals surface area contributed by atoms with Gasteiger partial charge < -0.3 is 19.3 Å². The second-order valence-electron chi connectivity index (χ2n) is 16.4. The van der Waals surface area contributed by atoms with Gasteiger partial charge in [0.05, 0.1) is 6.61 Å². The molecule has 0 aliphatic rings. The van der Waals surface area contributed by atoms with Crippen LogP contribution in [0.15, 0.2) is 60.8 Å². The molecule has 60 heavy (non-hydrogen) atoms. The first kappa shape index (κ1) is 57.8. The van der Waals surface area contributed by atoms with Crippen molar-refractivity contribution in [1.82, 2.24) is 0 Å². The quantitative estimate of drug-likeness (QED) is 0.0269. The highest BCUT2D eigenvalue weighted by Gasteiger charge is 2.22. The molecule has 0 radical (unpaired) electrons. The van der Waals surface area contributed by atoms with Gasteiger partial charge in [0.15, 0.2) is 6.10 Å². The normalized spacial score (nSPS) is 12.9. The Morgan fingerprint density at radius 2 is 0.767 bits per heavy atom. The largest absolute Gasteiger partial charge is 0.469 e. The summed E-state index contributed by atoms with van der Waals surface area (Å²) in [4.78, 5) is 43.0. The summed E-state index contributed by atoms with van der Waals surface area (Å²) in [5.41, 5.74) is 0. The second-order valence-corrected chi connectivity index (χ2v) is 17.7. The predicted molar refractivity (Wildman–Crippen MR) is 253 cm³/mol. The third-order valence-electron chi connectivity index (χ3n) is 10.5. The van der Waals surface area contributed by atoms with Gasteiger partial charge in [-0.05, 0) is 77.0 Å². The summed E-state index contributed by atoms with van der Waals surface area (Å²) < 4.78 is 26.4. The second kappa shape index (κ2) is 46.3. The highest BCUT2D eigenvalue weighted by Crippen LogP contribution is 2.36. The molecule has 9 heteroatoms. The fourth-order valence-corrected chi connectivity index (χ4v) is 7.19. The van der Waals surface area contributed by atoms with E-state index < -0.39 is 32.5 Å². The Hall–Kier alpha value is -2.25. The molecular weight excluding hydrogens is 772 g/mol. The number of carbonyl (C=O) groups is 2. The van der Waals surface area contributed by atoms with Crippen molar-refractivity contribution in [2.75, 3.05) is 13.2 Å². The van der Waals surface area contributed by atoms with Crippen molar-refractivity contribution < 1.29 is 37.9 Å². The van der Waals surface area contributed by atoms with E-state index in [4.69, 9.17) is 19.3 Å². The zero-order chi connectivity index (χ0) is 43.9. The first-order chi connectivity index (χ1) is 29.3. The third kappa shape index (κ3) is 48.4. The van der Waals surface area contributed by atoms with Gasteiger partial charge in [0.1, 0.15) is 6.61 Å². The van der Waals surface area contributed by atoms with Crippen molar-refractivity contribution in [2.45, 2.75) is 238 Å². The average molecular weight is 863 g/mol. The van der Waals surface area contributed by atoms with Gasteiger partial charge in [0.2, 0.25) is 0 Å². The third-order valence-corrected chi connectivity index (χ3v) is 11.0. The Morgan fingerprint density at radius 3 is 1.22 bits per heavy atom. The maximum absolute atomic E-state index is 12.4. The molecule has 0 aromatic rings. The van der Waals surface area contributed by atoms with Crippen LogP contribution in [-0.4, -0.2) is 41.0 Å². The molecule has 0 aromatic heterocycles. The summed E-state index contributed by atoms with van der Waals surface area (Å²) in [5.74, 6) is -0.955. The van der Waals surface area contributed by atoms with E-state index in [-0.39, 0.29) is 19.4 Å². The molecule has 0 unspecified atom stereocenters. The Labute approximate surface area is 368 Å². The van der Waals surface area contributed by atoms with E-state index in [1.54, 1.807) is 0 Å². The molecule has 1 atom stereocenters. The van der Waals surface area contributed by atoms with Gasteiger partial charge in [-0.25, -0.2) is 4.57 Å². The van der Waals surface area contributed by atoms with Crippen molar-refractivity contribution in [2.24, 2.45) is 0 Å². The van der Waals surface area contributed by atoms with Crippen molar-refractivity contribution in [1.29, 1.82) is 0 Å². The van der Waals surface area contributed by atoms with E-state index in [9.17, 15) is 14.2 Å². The Kier molecular flexibility index (Phi) is 44.5. The van der Waals surface area contributed by atoms with Gasteiger partial charge in [-0.15, -0.1) is 0 Å². The van der Waals surface area contributed by atoms with Crippen molar-refractivity contribution in [3.8, 4) is 0 Å². The summed E-state index contributed by atoms with van der Waals surface area (Å²) in [5, 5.41) is 0. The molecule has 0 saturated carbocycles. The van der Waals surface area contributed by atoms with Crippen molar-refractivity contribution in [3.05, 3.63) is 60.8 Å². The molecule has 0 heterocycles. The summed E-state index contributed by atoms with van der Waals surface area (Å²) in [6.45, 7) is 3.63. The molecule has 0 fully saturated rings. The summed E-state index contributed by atoms with van der Waals surface area (Å²) in [7, 11) is -4.78. The molecule has 8 nitrogen and oxygen atoms in total. The molecule has 0 bridgehead atoms. The van der Waals surface area contributed by atoms with Crippen LogP contribution < -0.4 is 0 Å². The molecule has 0 spiro atoms. The van der Waals surface area contributed by atoms with Gasteiger partial charge in [-0.2, -0.15) is 0 Å². The number of rotatable bonds is 45. The van der Waals surface area contributed by atoms with Crippen molar-refractivity contribution in [3.63, 3.8) is 0 Å². The Morgan fingerprint density at radius 1 is 0.433 bits per heavy atom. The van der Waals surface area contributed by atoms with Crippen LogP contribution in [0, 0.1) is 0 Å². The van der Waals surface area contributed by atoms with Crippen LogP contribution in [-0.2, 0) is 28.2 Å². The lowest BCUT2D eigenvalue weighted by Gasteiger charge is -2.18. The lowest BCUT2D eigenvalue weighted by atomic mass is 10.0. The number of unbranched alkanes of at least 4 members (excludes halogenated alkanes) is 25. The topological polar surface area (TPSA) is 119 Å². The monoisotopic (exact) mass is 863 g/mol. The number of phosphoric acid groups is 1. The van der Waals surface area contributed by atoms with Crippen LogP contribution in [0.3, 0.4) is 0 Å². The summed E-state index contributed by atoms with van der Waals surface area (Å²) in [6, 6.07) is 0. The fraction of sp³-hybridized carbons (Fsp3) is 0.765. The van der Waals surface area contributed by atoms with E-state index >= 15 is 0 Å². The van der Waals surface area contributed by atoms with Crippen LogP contribution in [0.1, 0.15) is 232 Å². The van der Waals surface area contributed by atoms with Crippen LogP contribution >= 0.6 is 7.82 Å². The van der Waals surface area contributed by atoms with Gasteiger partial charge >= 0.3 is 19.8 Å². The SMILES string of the molecule is CCCCC/C=C/C/C=C/C/C=C/C/C=C/CCCCCC(=O)O[C@H](COC(=O)CCC/C=C/CCCCCCCCCCCCCCCCCCCC)COP(=O)(O)O. The van der Waals surface area contributed by atoms with E-state index in [0.717, 1.165) is 51.4 Å². The summed E-state index contributed by atoms with van der Waals surface area (Å²) >= 11 is 0. The van der Waals surface area contributed by atoms with Gasteiger partial charge in [-0.1, -0.05) is 203 Å². The number of hydrogen-bond donors (Lipinski definition) is 2. The lowest BCUT2D eigenvalue weighted by molar-refractivity contribution is -0.161. The smallest absolute Gasteiger partial charge is 0.462 e. The van der Waals surface area contributed by atoms with Crippen LogP contribution in [0.4, 0.5) is 0 Å². The number of ether oxygens (including phenoxy) is 2. The zero-order valence-electron chi connectivity index (χ0n) is 38.6. The minimum atomic E-state index is -4.78. The molecule has 0 aliphatic heterocycles.